The van der Waals surface area contributed by atoms with Gasteiger partial charge in [-0.3, -0.25) is 0 Å². The Morgan fingerprint density at radius 3 is 2.94 bits per heavy atom. The van der Waals surface area contributed by atoms with Gasteiger partial charge in [-0.2, -0.15) is 0 Å². The van der Waals surface area contributed by atoms with Crippen LogP contribution < -0.4 is 4.74 Å². The zero-order valence-electron chi connectivity index (χ0n) is 9.02. The van der Waals surface area contributed by atoms with E-state index in [1.54, 1.807) is 11.4 Å². The van der Waals surface area contributed by atoms with Gasteiger partial charge in [0, 0.05) is 10.6 Å². The number of carboxylic acids is 1. The van der Waals surface area contributed by atoms with Gasteiger partial charge >= 0.3 is 5.97 Å². The molecule has 0 saturated carbocycles. The molecule has 94 valence electrons. The molecule has 0 unspecified atom stereocenters. The first-order valence-electron chi connectivity index (χ1n) is 4.95. The number of halogens is 2. The van der Waals surface area contributed by atoms with Crippen LogP contribution in [0.4, 0.5) is 4.39 Å². The highest BCUT2D eigenvalue weighted by atomic mass is 35.5. The summed E-state index contributed by atoms with van der Waals surface area (Å²) in [6.07, 6.45) is 0. The summed E-state index contributed by atoms with van der Waals surface area (Å²) in [7, 11) is 0. The van der Waals surface area contributed by atoms with E-state index in [4.69, 9.17) is 21.4 Å². The molecule has 18 heavy (non-hydrogen) atoms. The molecule has 0 saturated heterocycles. The Morgan fingerprint density at radius 1 is 1.44 bits per heavy atom. The number of hydrogen-bond donors (Lipinski definition) is 1. The number of benzene rings is 1. The van der Waals surface area contributed by atoms with Crippen LogP contribution in [0.3, 0.4) is 0 Å². The molecular weight excluding hydrogens is 279 g/mol. The Balaban J connectivity index is 2.14. The summed E-state index contributed by atoms with van der Waals surface area (Å²) in [5.74, 6) is -1.21. The summed E-state index contributed by atoms with van der Waals surface area (Å²) in [6, 6.07) is 5.50. The van der Waals surface area contributed by atoms with Crippen molar-refractivity contribution in [3.8, 4) is 5.75 Å². The van der Waals surface area contributed by atoms with Crippen molar-refractivity contribution in [3.05, 3.63) is 50.9 Å². The number of ether oxygens (including phenoxy) is 1. The molecule has 3 nitrogen and oxygen atoms in total. The molecule has 0 aliphatic carbocycles. The second kappa shape index (κ2) is 5.37. The van der Waals surface area contributed by atoms with Gasteiger partial charge in [-0.1, -0.05) is 11.6 Å². The van der Waals surface area contributed by atoms with Crippen molar-refractivity contribution in [3.63, 3.8) is 0 Å². The molecule has 1 heterocycles. The van der Waals surface area contributed by atoms with Crippen LogP contribution in [-0.2, 0) is 6.61 Å². The predicted molar refractivity (Wildman–Crippen MR) is 67.0 cm³/mol. The molecule has 0 aliphatic rings. The number of aromatic carboxylic acids is 1. The molecule has 0 fully saturated rings. The topological polar surface area (TPSA) is 46.5 Å². The summed E-state index contributed by atoms with van der Waals surface area (Å²) < 4.78 is 18.4. The van der Waals surface area contributed by atoms with Crippen LogP contribution in [0.5, 0.6) is 5.75 Å². The quantitative estimate of drug-likeness (QED) is 0.929. The van der Waals surface area contributed by atoms with E-state index in [1.165, 1.54) is 18.2 Å². The van der Waals surface area contributed by atoms with Crippen molar-refractivity contribution in [1.29, 1.82) is 0 Å². The molecule has 2 aromatic rings. The van der Waals surface area contributed by atoms with Gasteiger partial charge in [-0.15, -0.1) is 11.3 Å². The standard InChI is InChI=1S/C12H8ClFO3S/c13-9-2-1-8(14)5-7(9)6-17-10-3-4-18-11(10)12(15)16/h1-5H,6H2,(H,15,16). The average molecular weight is 287 g/mol. The van der Waals surface area contributed by atoms with E-state index in [9.17, 15) is 9.18 Å². The molecule has 0 aliphatic heterocycles. The second-order valence-corrected chi connectivity index (χ2v) is 4.77. The maximum absolute atomic E-state index is 13.0. The van der Waals surface area contributed by atoms with Gasteiger partial charge in [-0.25, -0.2) is 9.18 Å². The maximum atomic E-state index is 13.0. The Bertz CT molecular complexity index is 582. The third-order valence-electron chi connectivity index (χ3n) is 2.21. The normalized spacial score (nSPS) is 10.3. The molecule has 1 aromatic carbocycles. The molecule has 0 bridgehead atoms. The van der Waals surface area contributed by atoms with E-state index >= 15 is 0 Å². The number of thiophene rings is 1. The summed E-state index contributed by atoms with van der Waals surface area (Å²) in [5.41, 5.74) is 0.471. The lowest BCUT2D eigenvalue weighted by Gasteiger charge is -2.07. The molecule has 0 amide bonds. The van der Waals surface area contributed by atoms with Gasteiger partial charge in [0.05, 0.1) is 0 Å². The van der Waals surface area contributed by atoms with Crippen LogP contribution in [0, 0.1) is 5.82 Å². The first kappa shape index (κ1) is 12.9. The minimum atomic E-state index is -1.05. The molecule has 0 atom stereocenters. The van der Waals surface area contributed by atoms with E-state index in [2.05, 4.69) is 0 Å². The van der Waals surface area contributed by atoms with E-state index in [0.29, 0.717) is 10.6 Å². The number of rotatable bonds is 4. The first-order valence-corrected chi connectivity index (χ1v) is 6.21. The lowest BCUT2D eigenvalue weighted by molar-refractivity contribution is 0.0697. The van der Waals surface area contributed by atoms with Crippen LogP contribution in [0.15, 0.2) is 29.6 Å². The SMILES string of the molecule is O=C(O)c1sccc1OCc1cc(F)ccc1Cl. The van der Waals surface area contributed by atoms with Gasteiger partial charge in [0.15, 0.2) is 4.88 Å². The third-order valence-corrected chi connectivity index (χ3v) is 3.47. The van der Waals surface area contributed by atoms with Crippen molar-refractivity contribution in [1.82, 2.24) is 0 Å². The van der Waals surface area contributed by atoms with E-state index < -0.39 is 11.8 Å². The predicted octanol–water partition coefficient (Wildman–Crippen LogP) is 3.82. The summed E-state index contributed by atoms with van der Waals surface area (Å²) in [6.45, 7) is 0.0214. The molecule has 0 radical (unpaired) electrons. The zero-order chi connectivity index (χ0) is 13.1. The second-order valence-electron chi connectivity index (χ2n) is 3.44. The van der Waals surface area contributed by atoms with Gasteiger partial charge in [-0.05, 0) is 29.6 Å². The average Bonchev–Trinajstić information content (AvgIpc) is 2.79. The fraction of sp³-hybridized carbons (Fsp3) is 0.0833. The maximum Gasteiger partial charge on any atom is 0.349 e. The molecule has 2 rings (SSSR count). The highest BCUT2D eigenvalue weighted by molar-refractivity contribution is 7.12. The number of carboxylic acid groups (broad SMARTS) is 1. The van der Waals surface area contributed by atoms with Crippen LogP contribution in [0.1, 0.15) is 15.2 Å². The minimum Gasteiger partial charge on any atom is -0.487 e. The fourth-order valence-electron chi connectivity index (χ4n) is 1.38. The largest absolute Gasteiger partial charge is 0.487 e. The highest BCUT2D eigenvalue weighted by Gasteiger charge is 2.13. The van der Waals surface area contributed by atoms with Crippen LogP contribution in [0.25, 0.3) is 0 Å². The number of hydrogen-bond acceptors (Lipinski definition) is 3. The molecule has 1 aromatic heterocycles. The summed E-state index contributed by atoms with van der Waals surface area (Å²) in [4.78, 5) is 11.0. The van der Waals surface area contributed by atoms with E-state index in [-0.39, 0.29) is 17.2 Å². The molecular formula is C12H8ClFO3S. The van der Waals surface area contributed by atoms with Crippen LogP contribution in [-0.4, -0.2) is 11.1 Å². The Hall–Kier alpha value is -1.59. The fourth-order valence-corrected chi connectivity index (χ4v) is 2.22. The van der Waals surface area contributed by atoms with Crippen LogP contribution >= 0.6 is 22.9 Å². The molecule has 1 N–H and O–H groups in total. The zero-order valence-corrected chi connectivity index (χ0v) is 10.6. The van der Waals surface area contributed by atoms with Gasteiger partial charge < -0.3 is 9.84 Å². The Kier molecular flexibility index (Phi) is 3.84. The van der Waals surface area contributed by atoms with Gasteiger partial charge in [0.2, 0.25) is 0 Å². The van der Waals surface area contributed by atoms with Crippen molar-refractivity contribution in [2.45, 2.75) is 6.61 Å². The first-order chi connectivity index (χ1) is 8.58. The van der Waals surface area contributed by atoms with E-state index in [0.717, 1.165) is 11.3 Å². The smallest absolute Gasteiger partial charge is 0.349 e. The lowest BCUT2D eigenvalue weighted by atomic mass is 10.2. The van der Waals surface area contributed by atoms with Crippen molar-refractivity contribution in [2.24, 2.45) is 0 Å². The van der Waals surface area contributed by atoms with Gasteiger partial charge in [0.25, 0.3) is 0 Å². The minimum absolute atomic E-state index is 0.0214. The highest BCUT2D eigenvalue weighted by Crippen LogP contribution is 2.26. The van der Waals surface area contributed by atoms with Crippen molar-refractivity contribution < 1.29 is 19.0 Å². The monoisotopic (exact) mass is 286 g/mol. The Morgan fingerprint density at radius 2 is 2.22 bits per heavy atom. The van der Waals surface area contributed by atoms with E-state index in [1.807, 2.05) is 0 Å². The summed E-state index contributed by atoms with van der Waals surface area (Å²) >= 11 is 6.95. The summed E-state index contributed by atoms with van der Waals surface area (Å²) in [5, 5.41) is 10.9. The molecule has 6 heteroatoms. The lowest BCUT2D eigenvalue weighted by Crippen LogP contribution is -2.01. The Labute approximate surface area is 111 Å². The van der Waals surface area contributed by atoms with Crippen molar-refractivity contribution in [2.75, 3.05) is 0 Å². The third kappa shape index (κ3) is 2.80. The van der Waals surface area contributed by atoms with Crippen molar-refractivity contribution >= 4 is 28.9 Å². The number of carbonyl (C=O) groups is 1. The van der Waals surface area contributed by atoms with Crippen LogP contribution in [0.2, 0.25) is 5.02 Å². The molecule has 0 spiro atoms. The van der Waals surface area contributed by atoms with Gasteiger partial charge in [0.1, 0.15) is 18.2 Å².